The fourth-order valence-corrected chi connectivity index (χ4v) is 3.14. The second kappa shape index (κ2) is 8.54. The molecular weight excluding hydrogens is 338 g/mol. The smallest absolute Gasteiger partial charge is 0.280 e. The standard InChI is InChI=1S/C22H25N3O2/c1-3-7-20-21(22(27)25(24-20)18-8-5-4-6-9-18)16(2)23-15-14-17-10-12-19(26)13-11-17/h4-6,8-13,24,26H,3,7,14-15H2,1-2H3. The Kier molecular flexibility index (Phi) is 5.91. The Morgan fingerprint density at radius 2 is 1.78 bits per heavy atom. The number of aromatic amines is 1. The SMILES string of the molecule is CCCc1[nH]n(-c2ccccc2)c(=O)c1C(C)=NCCc1ccc(O)cc1. The van der Waals surface area contributed by atoms with Gasteiger partial charge in [-0.15, -0.1) is 0 Å². The second-order valence-corrected chi connectivity index (χ2v) is 6.58. The summed E-state index contributed by atoms with van der Waals surface area (Å²) < 4.78 is 1.60. The summed E-state index contributed by atoms with van der Waals surface area (Å²) in [5.74, 6) is 0.261. The van der Waals surface area contributed by atoms with Crippen molar-refractivity contribution >= 4 is 5.71 Å². The highest BCUT2D eigenvalue weighted by Crippen LogP contribution is 2.12. The van der Waals surface area contributed by atoms with E-state index in [0.717, 1.165) is 41.9 Å². The molecule has 0 radical (unpaired) electrons. The van der Waals surface area contributed by atoms with Gasteiger partial charge in [-0.25, -0.2) is 4.68 Å². The molecule has 0 aliphatic heterocycles. The number of aryl methyl sites for hydroxylation is 1. The molecule has 0 aliphatic rings. The topological polar surface area (TPSA) is 70.4 Å². The Bertz CT molecular complexity index is 967. The number of phenols is 1. The van der Waals surface area contributed by atoms with Crippen LogP contribution in [0.5, 0.6) is 5.75 Å². The van der Waals surface area contributed by atoms with E-state index in [-0.39, 0.29) is 11.3 Å². The Balaban J connectivity index is 1.86. The lowest BCUT2D eigenvalue weighted by atomic mass is 10.1. The van der Waals surface area contributed by atoms with Gasteiger partial charge >= 0.3 is 0 Å². The van der Waals surface area contributed by atoms with E-state index in [0.29, 0.717) is 12.1 Å². The van der Waals surface area contributed by atoms with E-state index >= 15 is 0 Å². The minimum atomic E-state index is -0.0597. The van der Waals surface area contributed by atoms with Gasteiger partial charge in [0.2, 0.25) is 0 Å². The normalized spacial score (nSPS) is 11.7. The van der Waals surface area contributed by atoms with Gasteiger partial charge in [0.25, 0.3) is 5.56 Å². The molecule has 140 valence electrons. The molecule has 5 nitrogen and oxygen atoms in total. The summed E-state index contributed by atoms with van der Waals surface area (Å²) in [5, 5.41) is 12.6. The van der Waals surface area contributed by atoms with Crippen LogP contribution in [0.4, 0.5) is 0 Å². The summed E-state index contributed by atoms with van der Waals surface area (Å²) >= 11 is 0. The van der Waals surface area contributed by atoms with Gasteiger partial charge in [0, 0.05) is 18.0 Å². The van der Waals surface area contributed by atoms with Gasteiger partial charge in [-0.3, -0.25) is 14.9 Å². The van der Waals surface area contributed by atoms with Gasteiger partial charge in [-0.05, 0) is 49.6 Å². The van der Waals surface area contributed by atoms with Crippen molar-refractivity contribution in [2.24, 2.45) is 4.99 Å². The molecule has 1 aromatic heterocycles. The first-order valence-electron chi connectivity index (χ1n) is 9.28. The highest BCUT2D eigenvalue weighted by atomic mass is 16.3. The van der Waals surface area contributed by atoms with Crippen LogP contribution in [0.15, 0.2) is 64.4 Å². The zero-order valence-corrected chi connectivity index (χ0v) is 15.8. The number of nitrogens with zero attached hydrogens (tertiary/aromatic N) is 2. The highest BCUT2D eigenvalue weighted by Gasteiger charge is 2.17. The number of aliphatic imine (C=N–C) groups is 1. The highest BCUT2D eigenvalue weighted by molar-refractivity contribution is 5.99. The summed E-state index contributed by atoms with van der Waals surface area (Å²) in [4.78, 5) is 17.6. The summed E-state index contributed by atoms with van der Waals surface area (Å²) in [6.45, 7) is 4.59. The molecule has 0 aliphatic carbocycles. The molecule has 1 heterocycles. The molecule has 2 aromatic carbocycles. The van der Waals surface area contributed by atoms with E-state index in [2.05, 4.69) is 17.0 Å². The Morgan fingerprint density at radius 3 is 2.44 bits per heavy atom. The first kappa shape index (κ1) is 18.7. The molecule has 0 saturated carbocycles. The maximum absolute atomic E-state index is 13.0. The van der Waals surface area contributed by atoms with E-state index in [1.54, 1.807) is 16.8 Å². The molecule has 0 spiro atoms. The maximum Gasteiger partial charge on any atom is 0.280 e. The van der Waals surface area contributed by atoms with E-state index in [9.17, 15) is 9.90 Å². The fourth-order valence-electron chi connectivity index (χ4n) is 3.14. The van der Waals surface area contributed by atoms with Crippen LogP contribution in [0.25, 0.3) is 5.69 Å². The minimum Gasteiger partial charge on any atom is -0.508 e. The summed E-state index contributed by atoms with van der Waals surface area (Å²) in [5.41, 5.74) is 4.23. The molecule has 2 N–H and O–H groups in total. The number of phenolic OH excluding ortho intramolecular Hbond substituents is 1. The molecule has 3 rings (SSSR count). The van der Waals surface area contributed by atoms with E-state index in [1.807, 2.05) is 49.4 Å². The molecule has 5 heteroatoms. The predicted molar refractivity (Wildman–Crippen MR) is 109 cm³/mol. The molecule has 27 heavy (non-hydrogen) atoms. The first-order valence-corrected chi connectivity index (χ1v) is 9.28. The molecule has 3 aromatic rings. The van der Waals surface area contributed by atoms with Crippen molar-refractivity contribution in [2.75, 3.05) is 6.54 Å². The zero-order valence-electron chi connectivity index (χ0n) is 15.8. The van der Waals surface area contributed by atoms with Crippen molar-refractivity contribution in [3.8, 4) is 11.4 Å². The van der Waals surface area contributed by atoms with Crippen molar-refractivity contribution in [1.82, 2.24) is 9.78 Å². The zero-order chi connectivity index (χ0) is 19.2. The molecule has 0 amide bonds. The fraction of sp³-hybridized carbons (Fsp3) is 0.273. The van der Waals surface area contributed by atoms with Gasteiger partial charge in [0.1, 0.15) is 5.75 Å². The van der Waals surface area contributed by atoms with Crippen molar-refractivity contribution < 1.29 is 5.11 Å². The average Bonchev–Trinajstić information content (AvgIpc) is 3.00. The van der Waals surface area contributed by atoms with Crippen LogP contribution >= 0.6 is 0 Å². The van der Waals surface area contributed by atoms with Crippen molar-refractivity contribution in [3.63, 3.8) is 0 Å². The number of aromatic hydroxyl groups is 1. The molecule has 0 saturated heterocycles. The van der Waals surface area contributed by atoms with Crippen LogP contribution in [0.3, 0.4) is 0 Å². The Hall–Kier alpha value is -3.08. The van der Waals surface area contributed by atoms with Crippen molar-refractivity contribution in [3.05, 3.63) is 81.8 Å². The molecular formula is C22H25N3O2. The number of para-hydroxylation sites is 1. The van der Waals surface area contributed by atoms with Gasteiger partial charge in [0.15, 0.2) is 0 Å². The third-order valence-corrected chi connectivity index (χ3v) is 4.53. The monoisotopic (exact) mass is 363 g/mol. The van der Waals surface area contributed by atoms with Crippen LogP contribution in [-0.2, 0) is 12.8 Å². The lowest BCUT2D eigenvalue weighted by Gasteiger charge is -2.02. The summed E-state index contributed by atoms with van der Waals surface area (Å²) in [6.07, 6.45) is 2.51. The number of nitrogens with one attached hydrogen (secondary N) is 1. The third-order valence-electron chi connectivity index (χ3n) is 4.53. The van der Waals surface area contributed by atoms with E-state index in [1.165, 1.54) is 0 Å². The van der Waals surface area contributed by atoms with Crippen molar-refractivity contribution in [2.45, 2.75) is 33.1 Å². The average molecular weight is 363 g/mol. The second-order valence-electron chi connectivity index (χ2n) is 6.58. The van der Waals surface area contributed by atoms with Gasteiger partial charge in [-0.1, -0.05) is 43.7 Å². The number of rotatable bonds is 7. The predicted octanol–water partition coefficient (Wildman–Crippen LogP) is 3.88. The van der Waals surface area contributed by atoms with Crippen LogP contribution in [0, 0.1) is 0 Å². The van der Waals surface area contributed by atoms with Crippen LogP contribution < -0.4 is 5.56 Å². The van der Waals surface area contributed by atoms with Crippen LogP contribution in [0.1, 0.15) is 37.1 Å². The molecule has 0 atom stereocenters. The molecule has 0 bridgehead atoms. The van der Waals surface area contributed by atoms with Gasteiger partial charge < -0.3 is 5.11 Å². The van der Waals surface area contributed by atoms with E-state index < -0.39 is 0 Å². The Morgan fingerprint density at radius 1 is 1.07 bits per heavy atom. The van der Waals surface area contributed by atoms with Gasteiger partial charge in [-0.2, -0.15) is 0 Å². The van der Waals surface area contributed by atoms with Gasteiger partial charge in [0.05, 0.1) is 11.3 Å². The molecule has 0 fully saturated rings. The lowest BCUT2D eigenvalue weighted by Crippen LogP contribution is -2.20. The lowest BCUT2D eigenvalue weighted by molar-refractivity contribution is 0.475. The summed E-state index contributed by atoms with van der Waals surface area (Å²) in [6, 6.07) is 16.7. The van der Waals surface area contributed by atoms with Crippen molar-refractivity contribution in [1.29, 1.82) is 0 Å². The largest absolute Gasteiger partial charge is 0.508 e. The maximum atomic E-state index is 13.0. The number of benzene rings is 2. The van der Waals surface area contributed by atoms with Crippen LogP contribution in [-0.4, -0.2) is 27.1 Å². The minimum absolute atomic E-state index is 0.0597. The summed E-state index contributed by atoms with van der Waals surface area (Å²) in [7, 11) is 0. The van der Waals surface area contributed by atoms with Crippen LogP contribution in [0.2, 0.25) is 0 Å². The Labute approximate surface area is 159 Å². The van der Waals surface area contributed by atoms with E-state index in [4.69, 9.17) is 0 Å². The quantitative estimate of drug-likeness (QED) is 0.626. The molecule has 0 unspecified atom stereocenters. The number of aromatic nitrogens is 2. The number of hydrogen-bond donors (Lipinski definition) is 2. The number of H-pyrrole nitrogens is 1. The first-order chi connectivity index (χ1) is 13.1. The number of hydrogen-bond acceptors (Lipinski definition) is 3. The third kappa shape index (κ3) is 4.37.